The van der Waals surface area contributed by atoms with Crippen molar-refractivity contribution in [3.8, 4) is 0 Å². The lowest BCUT2D eigenvalue weighted by Gasteiger charge is -2.28. The first-order valence-electron chi connectivity index (χ1n) is 40.4. The first-order chi connectivity index (χ1) is 46.6. The van der Waals surface area contributed by atoms with E-state index in [9.17, 15) is 30.0 Å². The number of hydrogen-bond donors (Lipinski definition) is 6. The third kappa shape index (κ3) is 67.7. The highest BCUT2D eigenvalue weighted by atomic mass is 16.3. The number of aldehydes is 1. The van der Waals surface area contributed by atoms with Gasteiger partial charge in [0.05, 0.1) is 36.5 Å². The number of rotatable bonds is 74. The molecule has 0 saturated heterocycles. The molecule has 0 aliphatic rings. The Morgan fingerprint density at radius 1 is 0.316 bits per heavy atom. The monoisotopic (exact) mass is 1330 g/mol. The van der Waals surface area contributed by atoms with Gasteiger partial charge in [-0.3, -0.25) is 14.6 Å². The van der Waals surface area contributed by atoms with Gasteiger partial charge in [0, 0.05) is 26.2 Å². The molecule has 0 aromatic heterocycles. The summed E-state index contributed by atoms with van der Waals surface area (Å²) in [5.74, 6) is -0.169. The number of hydrogen-bond acceptors (Lipinski definition) is 9. The number of nitrogens with zero attached hydrogens (tertiary/aromatic N) is 2. The molecule has 95 heavy (non-hydrogen) atoms. The van der Waals surface area contributed by atoms with Crippen molar-refractivity contribution in [2.75, 3.05) is 46.3 Å². The topological polar surface area (TPSA) is 146 Å². The van der Waals surface area contributed by atoms with Gasteiger partial charge in [-0.05, 0) is 206 Å². The Kier molecular flexibility index (Phi) is 72.4. The first kappa shape index (κ1) is 91.8. The normalized spacial score (nSPS) is 14.6. The van der Waals surface area contributed by atoms with Crippen molar-refractivity contribution in [1.29, 1.82) is 0 Å². The third-order valence-electron chi connectivity index (χ3n) is 18.4. The van der Waals surface area contributed by atoms with Gasteiger partial charge < -0.3 is 35.9 Å². The molecule has 6 atom stereocenters. The second-order valence-corrected chi connectivity index (χ2v) is 27.9. The molecule has 0 aliphatic carbocycles. The van der Waals surface area contributed by atoms with Crippen molar-refractivity contribution < 1.29 is 30.0 Å². The Morgan fingerprint density at radius 2 is 0.558 bits per heavy atom. The van der Waals surface area contributed by atoms with Gasteiger partial charge in [-0.1, -0.05) is 260 Å². The summed E-state index contributed by atoms with van der Waals surface area (Å²) < 4.78 is 0. The zero-order valence-electron chi connectivity index (χ0n) is 62.9. The predicted octanol–water partition coefficient (Wildman–Crippen LogP) is 21.3. The van der Waals surface area contributed by atoms with Crippen LogP contribution in [0.1, 0.15) is 349 Å². The Hall–Kier alpha value is -3.22. The number of aliphatic hydroxyl groups is 4. The molecule has 0 spiro atoms. The Bertz CT molecular complexity index is 1760. The molecule has 0 aromatic rings. The van der Waals surface area contributed by atoms with Gasteiger partial charge in [0.1, 0.15) is 6.29 Å². The SMILES string of the molecule is CCCCC/C=C\C/C=C\CCCCCCC(O)CN(CCCCC(C=O)NC(=O)C(CCCCN(CC(O)CCCCCC/C=C\C/C=C\CCCCC)CC(O)CCCCCC/C=C\C/C=C\CCCCC)NC)CC(O)CCCCCC/C=C\C/C=C\CCCCC. The van der Waals surface area contributed by atoms with Crippen LogP contribution in [0.4, 0.5) is 0 Å². The summed E-state index contributed by atoms with van der Waals surface area (Å²) in [7, 11) is 1.80. The molecule has 6 N–H and O–H groups in total. The summed E-state index contributed by atoms with van der Waals surface area (Å²) in [6.07, 6.45) is 89.6. The van der Waals surface area contributed by atoms with Gasteiger partial charge in [0.25, 0.3) is 0 Å². The van der Waals surface area contributed by atoms with E-state index in [2.05, 4.69) is 145 Å². The molecule has 0 saturated carbocycles. The van der Waals surface area contributed by atoms with E-state index in [1.807, 2.05) is 0 Å². The van der Waals surface area contributed by atoms with E-state index in [4.69, 9.17) is 0 Å². The highest BCUT2D eigenvalue weighted by Crippen LogP contribution is 2.17. The molecule has 10 nitrogen and oxygen atoms in total. The average molecular weight is 1330 g/mol. The van der Waals surface area contributed by atoms with Crippen LogP contribution in [0.3, 0.4) is 0 Å². The van der Waals surface area contributed by atoms with Gasteiger partial charge in [0.15, 0.2) is 0 Å². The maximum absolute atomic E-state index is 13.7. The van der Waals surface area contributed by atoms with Crippen molar-refractivity contribution >= 4 is 12.2 Å². The molecule has 552 valence electrons. The molecule has 0 aromatic carbocycles. The third-order valence-corrected chi connectivity index (χ3v) is 18.4. The molecule has 0 rings (SSSR count). The second kappa shape index (κ2) is 75.0. The van der Waals surface area contributed by atoms with Gasteiger partial charge in [-0.15, -0.1) is 0 Å². The van der Waals surface area contributed by atoms with Gasteiger partial charge >= 0.3 is 0 Å². The maximum Gasteiger partial charge on any atom is 0.237 e. The summed E-state index contributed by atoms with van der Waals surface area (Å²) in [5, 5.41) is 51.4. The number of likely N-dealkylation sites (N-methyl/N-ethyl adjacent to an activating group) is 1. The number of amides is 1. The molecular formula is C85H156N4O6. The standard InChI is InChI=1S/C85H156N4O6/c1-6-10-14-18-22-26-30-34-38-42-46-50-54-58-67-80(91)74-88(75-81(92)68-59-55-51-47-43-39-35-31-27-23-19-15-11-7-2)72-64-62-66-79(78-90)87-85(95)84(86-5)71-63-65-73-89(76-82(93)69-60-56-52-48-44-40-36-32-28-24-20-16-12-8-3)77-83(94)70-61-57-53-49-45-41-37-33-29-25-21-17-13-9-4/h22-29,34-41,78-84,86,91-94H,6-21,30-33,42-77H2,1-5H3,(H,87,95)/b26-22-,27-23-,28-24-,29-25-,38-34-,39-35-,40-36-,41-37-. The first-order valence-corrected chi connectivity index (χ1v) is 40.4. The molecule has 1 amide bonds. The number of carbonyl (C=O) groups excluding carboxylic acids is 2. The zero-order valence-corrected chi connectivity index (χ0v) is 62.9. The van der Waals surface area contributed by atoms with Crippen LogP contribution in [-0.4, -0.2) is 125 Å². The number of unbranched alkanes of at least 4 members (excludes halogenated alkanes) is 30. The molecule has 6 unspecified atom stereocenters. The summed E-state index contributed by atoms with van der Waals surface area (Å²) >= 11 is 0. The van der Waals surface area contributed by atoms with Crippen LogP contribution in [0.5, 0.6) is 0 Å². The molecular weight excluding hydrogens is 1170 g/mol. The summed E-state index contributed by atoms with van der Waals surface area (Å²) in [5.41, 5.74) is 0. The van der Waals surface area contributed by atoms with Gasteiger partial charge in [-0.2, -0.15) is 0 Å². The fourth-order valence-corrected chi connectivity index (χ4v) is 12.4. The van der Waals surface area contributed by atoms with Crippen LogP contribution in [0, 0.1) is 0 Å². The minimum atomic E-state index is -0.592. The van der Waals surface area contributed by atoms with E-state index in [0.29, 0.717) is 45.6 Å². The quantitative estimate of drug-likeness (QED) is 0.0199. The lowest BCUT2D eigenvalue weighted by Crippen LogP contribution is -2.47. The highest BCUT2D eigenvalue weighted by Gasteiger charge is 2.22. The summed E-state index contributed by atoms with van der Waals surface area (Å²) in [6.45, 7) is 12.6. The molecule has 0 aliphatic heterocycles. The molecule has 0 bridgehead atoms. The molecule has 10 heteroatoms. The van der Waals surface area contributed by atoms with Crippen LogP contribution < -0.4 is 10.6 Å². The van der Waals surface area contributed by atoms with Crippen molar-refractivity contribution in [2.45, 2.75) is 385 Å². The largest absolute Gasteiger partial charge is 0.392 e. The van der Waals surface area contributed by atoms with E-state index < -0.39 is 36.5 Å². The Balaban J connectivity index is 5.33. The van der Waals surface area contributed by atoms with Crippen molar-refractivity contribution in [2.24, 2.45) is 0 Å². The number of carbonyl (C=O) groups is 2. The summed E-state index contributed by atoms with van der Waals surface area (Å²) in [4.78, 5) is 30.6. The minimum absolute atomic E-state index is 0.169. The number of aliphatic hydroxyl groups excluding tert-OH is 4. The van der Waals surface area contributed by atoms with E-state index in [1.54, 1.807) is 7.05 Å². The Morgan fingerprint density at radius 3 is 0.811 bits per heavy atom. The second-order valence-electron chi connectivity index (χ2n) is 27.9. The van der Waals surface area contributed by atoms with Gasteiger partial charge in [0.2, 0.25) is 5.91 Å². The fourth-order valence-electron chi connectivity index (χ4n) is 12.4. The highest BCUT2D eigenvalue weighted by molar-refractivity contribution is 5.84. The molecule has 0 fully saturated rings. The fraction of sp³-hybridized carbons (Fsp3) is 0.788. The van der Waals surface area contributed by atoms with Crippen LogP contribution in [-0.2, 0) is 9.59 Å². The predicted molar refractivity (Wildman–Crippen MR) is 414 cm³/mol. The van der Waals surface area contributed by atoms with Crippen LogP contribution in [0.15, 0.2) is 97.2 Å². The molecule has 0 heterocycles. The minimum Gasteiger partial charge on any atom is -0.392 e. The lowest BCUT2D eigenvalue weighted by atomic mass is 10.0. The van der Waals surface area contributed by atoms with E-state index in [-0.39, 0.29) is 5.91 Å². The number of allylic oxidation sites excluding steroid dienone is 16. The van der Waals surface area contributed by atoms with Crippen molar-refractivity contribution in [3.05, 3.63) is 97.2 Å². The summed E-state index contributed by atoms with van der Waals surface area (Å²) in [6, 6.07) is -1.03. The molecule has 0 radical (unpaired) electrons. The van der Waals surface area contributed by atoms with Gasteiger partial charge in [-0.25, -0.2) is 0 Å². The van der Waals surface area contributed by atoms with Crippen LogP contribution in [0.25, 0.3) is 0 Å². The maximum atomic E-state index is 13.7. The zero-order chi connectivity index (χ0) is 69.2. The average Bonchev–Trinajstić information content (AvgIpc) is 2.23. The Labute approximate surface area is 588 Å². The van der Waals surface area contributed by atoms with Crippen molar-refractivity contribution in [1.82, 2.24) is 20.4 Å². The van der Waals surface area contributed by atoms with E-state index in [0.717, 1.165) is 180 Å². The number of nitrogens with one attached hydrogen (secondary N) is 2. The van der Waals surface area contributed by atoms with E-state index >= 15 is 0 Å². The van der Waals surface area contributed by atoms with Crippen LogP contribution >= 0.6 is 0 Å². The van der Waals surface area contributed by atoms with E-state index in [1.165, 1.54) is 141 Å². The van der Waals surface area contributed by atoms with Crippen molar-refractivity contribution in [3.63, 3.8) is 0 Å². The lowest BCUT2D eigenvalue weighted by molar-refractivity contribution is -0.126. The smallest absolute Gasteiger partial charge is 0.237 e. The van der Waals surface area contributed by atoms with Crippen LogP contribution in [0.2, 0.25) is 0 Å².